The van der Waals surface area contributed by atoms with Crippen molar-refractivity contribution in [3.63, 3.8) is 0 Å². The summed E-state index contributed by atoms with van der Waals surface area (Å²) in [4.78, 5) is 12.2. The molecule has 1 amide bonds. The summed E-state index contributed by atoms with van der Waals surface area (Å²) < 4.78 is 0. The summed E-state index contributed by atoms with van der Waals surface area (Å²) in [6.07, 6.45) is 11.7. The molecular formula is C18H31ClN2O. The van der Waals surface area contributed by atoms with Gasteiger partial charge in [0.25, 0.3) is 0 Å². The lowest BCUT2D eigenvalue weighted by Crippen LogP contribution is -2.51. The molecule has 1 heterocycles. The minimum Gasteiger partial charge on any atom is -0.356 e. The summed E-state index contributed by atoms with van der Waals surface area (Å²) in [6.45, 7) is 3.22. The normalized spacial score (nSPS) is 42.2. The van der Waals surface area contributed by atoms with E-state index >= 15 is 0 Å². The smallest absolute Gasteiger partial charge is 0.220 e. The van der Waals surface area contributed by atoms with Crippen LogP contribution in [0.5, 0.6) is 0 Å². The molecular weight excluding hydrogens is 296 g/mol. The van der Waals surface area contributed by atoms with Crippen LogP contribution in [0.15, 0.2) is 0 Å². The standard InChI is InChI=1S/C18H30N2O.ClH/c21-17(2-1-13-3-4-19-11-13)20-12-18-8-14-5-15(9-18)7-16(6-14)10-18;/h13-16,19H,1-12H2,(H,20,21);1H. The molecule has 4 aliphatic carbocycles. The number of carbonyl (C=O) groups is 1. The van der Waals surface area contributed by atoms with Crippen molar-refractivity contribution in [2.24, 2.45) is 29.1 Å². The average molecular weight is 327 g/mol. The summed E-state index contributed by atoms with van der Waals surface area (Å²) >= 11 is 0. The minimum atomic E-state index is 0. The number of hydrogen-bond acceptors (Lipinski definition) is 2. The van der Waals surface area contributed by atoms with E-state index in [9.17, 15) is 4.79 Å². The summed E-state index contributed by atoms with van der Waals surface area (Å²) in [7, 11) is 0. The van der Waals surface area contributed by atoms with E-state index in [1.165, 1.54) is 44.9 Å². The van der Waals surface area contributed by atoms with Crippen molar-refractivity contribution < 1.29 is 4.79 Å². The Bertz CT molecular complexity index is 371. The van der Waals surface area contributed by atoms with Crippen molar-refractivity contribution >= 4 is 18.3 Å². The maximum absolute atomic E-state index is 12.2. The Morgan fingerprint density at radius 1 is 1.09 bits per heavy atom. The van der Waals surface area contributed by atoms with Gasteiger partial charge in [-0.1, -0.05) is 0 Å². The van der Waals surface area contributed by atoms with Crippen molar-refractivity contribution in [1.82, 2.24) is 10.6 Å². The number of hydrogen-bond donors (Lipinski definition) is 2. The van der Waals surface area contributed by atoms with Gasteiger partial charge in [0.1, 0.15) is 0 Å². The fourth-order valence-corrected chi connectivity index (χ4v) is 6.18. The molecule has 3 nitrogen and oxygen atoms in total. The van der Waals surface area contributed by atoms with E-state index in [1.807, 2.05) is 0 Å². The van der Waals surface area contributed by atoms with Gasteiger partial charge < -0.3 is 10.6 Å². The van der Waals surface area contributed by atoms with E-state index in [1.54, 1.807) is 0 Å². The van der Waals surface area contributed by atoms with E-state index in [0.717, 1.165) is 56.1 Å². The molecule has 2 N–H and O–H groups in total. The third-order valence-corrected chi connectivity index (χ3v) is 6.77. The number of amides is 1. The van der Waals surface area contributed by atoms with Gasteiger partial charge in [-0.3, -0.25) is 4.79 Å². The highest BCUT2D eigenvalue weighted by Crippen LogP contribution is 2.59. The molecule has 0 aromatic rings. The van der Waals surface area contributed by atoms with Gasteiger partial charge in [-0.25, -0.2) is 0 Å². The van der Waals surface area contributed by atoms with Gasteiger partial charge in [0.05, 0.1) is 0 Å². The first-order valence-corrected chi connectivity index (χ1v) is 9.18. The molecule has 0 spiro atoms. The molecule has 1 saturated heterocycles. The Hall–Kier alpha value is -0.280. The lowest BCUT2D eigenvalue weighted by molar-refractivity contribution is -0.123. The number of nitrogens with one attached hydrogen (secondary N) is 2. The Morgan fingerprint density at radius 2 is 1.73 bits per heavy atom. The second kappa shape index (κ2) is 6.68. The first-order chi connectivity index (χ1) is 10.2. The Labute approximate surface area is 140 Å². The second-order valence-electron chi connectivity index (χ2n) is 8.59. The molecule has 5 fully saturated rings. The van der Waals surface area contributed by atoms with Gasteiger partial charge in [0.2, 0.25) is 5.91 Å². The summed E-state index contributed by atoms with van der Waals surface area (Å²) in [5.74, 6) is 3.99. The van der Waals surface area contributed by atoms with Crippen LogP contribution in [0.1, 0.15) is 57.8 Å². The van der Waals surface area contributed by atoms with Crippen LogP contribution in [0.3, 0.4) is 0 Å². The van der Waals surface area contributed by atoms with Gasteiger partial charge >= 0.3 is 0 Å². The number of halogens is 1. The van der Waals surface area contributed by atoms with E-state index in [-0.39, 0.29) is 12.4 Å². The maximum atomic E-state index is 12.2. The molecule has 126 valence electrons. The largest absolute Gasteiger partial charge is 0.356 e. The van der Waals surface area contributed by atoms with Gasteiger partial charge in [0.15, 0.2) is 0 Å². The third-order valence-electron chi connectivity index (χ3n) is 6.77. The second-order valence-corrected chi connectivity index (χ2v) is 8.59. The van der Waals surface area contributed by atoms with Crippen LogP contribution in [0, 0.1) is 29.1 Å². The predicted molar refractivity (Wildman–Crippen MR) is 91.1 cm³/mol. The molecule has 0 radical (unpaired) electrons. The zero-order valence-corrected chi connectivity index (χ0v) is 14.4. The molecule has 5 aliphatic rings. The molecule has 4 heteroatoms. The van der Waals surface area contributed by atoms with Crippen LogP contribution >= 0.6 is 12.4 Å². The van der Waals surface area contributed by atoms with Crippen molar-refractivity contribution in [2.75, 3.05) is 19.6 Å². The third kappa shape index (κ3) is 3.46. The molecule has 22 heavy (non-hydrogen) atoms. The monoisotopic (exact) mass is 326 g/mol. The molecule has 1 unspecified atom stereocenters. The van der Waals surface area contributed by atoms with E-state index in [2.05, 4.69) is 10.6 Å². The SMILES string of the molecule is Cl.O=C(CCC1CCNC1)NCC12CC3CC(CC(C3)C1)C2. The van der Waals surface area contributed by atoms with Gasteiger partial charge in [0, 0.05) is 13.0 Å². The van der Waals surface area contributed by atoms with Crippen molar-refractivity contribution in [3.05, 3.63) is 0 Å². The fourth-order valence-electron chi connectivity index (χ4n) is 6.18. The molecule has 0 aromatic heterocycles. The molecule has 1 aliphatic heterocycles. The van der Waals surface area contributed by atoms with Crippen molar-refractivity contribution in [2.45, 2.75) is 57.8 Å². The first kappa shape index (κ1) is 16.6. The van der Waals surface area contributed by atoms with Crippen LogP contribution in [0.4, 0.5) is 0 Å². The lowest BCUT2D eigenvalue weighted by atomic mass is 9.49. The van der Waals surface area contributed by atoms with Gasteiger partial charge in [-0.2, -0.15) is 0 Å². The van der Waals surface area contributed by atoms with Crippen LogP contribution in [0.25, 0.3) is 0 Å². The molecule has 0 aromatic carbocycles. The van der Waals surface area contributed by atoms with Crippen molar-refractivity contribution in [3.8, 4) is 0 Å². The van der Waals surface area contributed by atoms with Crippen LogP contribution in [0.2, 0.25) is 0 Å². The summed E-state index contributed by atoms with van der Waals surface area (Å²) in [6, 6.07) is 0. The number of rotatable bonds is 5. The molecule has 4 saturated carbocycles. The molecule has 1 atom stereocenters. The first-order valence-electron chi connectivity index (χ1n) is 9.18. The quantitative estimate of drug-likeness (QED) is 0.815. The van der Waals surface area contributed by atoms with Crippen LogP contribution in [-0.4, -0.2) is 25.5 Å². The van der Waals surface area contributed by atoms with Crippen molar-refractivity contribution in [1.29, 1.82) is 0 Å². The maximum Gasteiger partial charge on any atom is 0.220 e. The number of carbonyl (C=O) groups excluding carboxylic acids is 1. The average Bonchev–Trinajstić information content (AvgIpc) is 2.95. The zero-order valence-electron chi connectivity index (χ0n) is 13.6. The molecule has 5 rings (SSSR count). The highest BCUT2D eigenvalue weighted by molar-refractivity contribution is 5.85. The highest BCUT2D eigenvalue weighted by atomic mass is 35.5. The lowest BCUT2D eigenvalue weighted by Gasteiger charge is -2.56. The van der Waals surface area contributed by atoms with E-state index < -0.39 is 0 Å². The van der Waals surface area contributed by atoms with E-state index in [4.69, 9.17) is 0 Å². The van der Waals surface area contributed by atoms with Crippen LogP contribution in [-0.2, 0) is 4.79 Å². The summed E-state index contributed by atoms with van der Waals surface area (Å²) in [5, 5.41) is 6.69. The van der Waals surface area contributed by atoms with Gasteiger partial charge in [-0.15, -0.1) is 12.4 Å². The Kier molecular flexibility index (Phi) is 5.04. The Morgan fingerprint density at radius 3 is 2.27 bits per heavy atom. The highest BCUT2D eigenvalue weighted by Gasteiger charge is 2.50. The predicted octanol–water partition coefficient (Wildman–Crippen LogP) is 3.13. The Balaban J connectivity index is 0.00000144. The van der Waals surface area contributed by atoms with Crippen LogP contribution < -0.4 is 10.6 Å². The van der Waals surface area contributed by atoms with E-state index in [0.29, 0.717) is 11.3 Å². The summed E-state index contributed by atoms with van der Waals surface area (Å²) in [5.41, 5.74) is 0.485. The zero-order chi connectivity index (χ0) is 14.3. The molecule has 4 bridgehead atoms. The minimum absolute atomic E-state index is 0. The fraction of sp³-hybridized carbons (Fsp3) is 0.944. The topological polar surface area (TPSA) is 41.1 Å². The van der Waals surface area contributed by atoms with Gasteiger partial charge in [-0.05, 0) is 93.5 Å².